The Morgan fingerprint density at radius 3 is 1.45 bits per heavy atom. The molecule has 305 valence electrons. The minimum atomic E-state index is -5.73. The maximum atomic E-state index is 9.53. The van der Waals surface area contributed by atoms with Gasteiger partial charge in [-0.1, -0.05) is 0 Å². The van der Waals surface area contributed by atoms with Gasteiger partial charge in [0.1, 0.15) is 0 Å². The first-order chi connectivity index (χ1) is 29.0. The molecule has 0 fully saturated rings. The van der Waals surface area contributed by atoms with Gasteiger partial charge in [0.25, 0.3) is 0 Å². The molecular weight excluding hydrogens is 863 g/mol. The Labute approximate surface area is 370 Å². The summed E-state index contributed by atoms with van der Waals surface area (Å²) in [4.78, 5) is 0. The summed E-state index contributed by atoms with van der Waals surface area (Å²) < 4.78 is 1.11. The number of hydrogen-bond acceptors (Lipinski definition) is 0. The average Bonchev–Trinajstić information content (AvgIpc) is 3.98. The molecule has 0 amide bonds. The molecule has 0 saturated heterocycles. The summed E-state index contributed by atoms with van der Waals surface area (Å²) in [6, 6.07) is 43.9. The van der Waals surface area contributed by atoms with E-state index in [1.807, 2.05) is 0 Å². The van der Waals surface area contributed by atoms with Crippen molar-refractivity contribution in [3.63, 3.8) is 0 Å². The molecule has 60 heavy (non-hydrogen) atoms. The number of hydrogen-bond donors (Lipinski definition) is 0. The van der Waals surface area contributed by atoms with E-state index in [-0.39, 0.29) is 7.25 Å². The van der Waals surface area contributed by atoms with Gasteiger partial charge in [-0.2, -0.15) is 0 Å². The number of benzene rings is 6. The van der Waals surface area contributed by atoms with Crippen LogP contribution in [0.4, 0.5) is 0 Å². The summed E-state index contributed by atoms with van der Waals surface area (Å²) in [5.74, 6) is 0.603. The second-order valence-corrected chi connectivity index (χ2v) is 40.6. The summed E-state index contributed by atoms with van der Waals surface area (Å²) >= 11 is -5.73. The molecule has 1 aliphatic heterocycles. The molecule has 0 nitrogen and oxygen atoms in total. The molecule has 0 N–H and O–H groups in total. The zero-order chi connectivity index (χ0) is 42.1. The molecule has 2 aliphatic carbocycles. The average molecular weight is 922 g/mol. The van der Waals surface area contributed by atoms with Crippen molar-refractivity contribution in [2.75, 3.05) is 0 Å². The monoisotopic (exact) mass is 919 g/mol. The van der Waals surface area contributed by atoms with E-state index >= 15 is 0 Å². The Morgan fingerprint density at radius 2 is 0.983 bits per heavy atom. The van der Waals surface area contributed by atoms with Crippen molar-refractivity contribution in [2.24, 2.45) is 11.8 Å². The third-order valence-electron chi connectivity index (χ3n) is 15.0. The van der Waals surface area contributed by atoms with Crippen LogP contribution in [0.1, 0.15) is 106 Å². The number of halogens is 2. The number of fused-ring (bicyclic) bond motifs is 5. The van der Waals surface area contributed by atoms with E-state index in [0.717, 1.165) is 25.7 Å². The van der Waals surface area contributed by atoms with E-state index in [1.54, 1.807) is 0 Å². The van der Waals surface area contributed by atoms with E-state index in [4.69, 9.17) is 0 Å². The van der Waals surface area contributed by atoms with Crippen LogP contribution in [-0.2, 0) is 29.2 Å². The van der Waals surface area contributed by atoms with E-state index in [9.17, 15) is 17.0 Å². The van der Waals surface area contributed by atoms with Crippen molar-refractivity contribution >= 4 is 52.3 Å². The Kier molecular flexibility index (Phi) is 11.1. The van der Waals surface area contributed by atoms with Crippen LogP contribution in [0.5, 0.6) is 0 Å². The quantitative estimate of drug-likeness (QED) is 0.113. The van der Waals surface area contributed by atoms with Crippen LogP contribution in [0.2, 0.25) is 0 Å². The van der Waals surface area contributed by atoms with Crippen molar-refractivity contribution < 1.29 is 16.4 Å². The molecule has 0 aromatic heterocycles. The Morgan fingerprint density at radius 1 is 0.533 bits per heavy atom. The molecule has 4 unspecified atom stereocenters. The van der Waals surface area contributed by atoms with Crippen LogP contribution in [-0.4, -0.2) is 9.52 Å². The molecule has 0 radical (unpaired) electrons. The summed E-state index contributed by atoms with van der Waals surface area (Å²) in [7, 11) is 18.2. The van der Waals surface area contributed by atoms with Crippen molar-refractivity contribution in [1.29, 1.82) is 0 Å². The van der Waals surface area contributed by atoms with Crippen molar-refractivity contribution in [2.45, 2.75) is 88.3 Å². The fourth-order valence-electron chi connectivity index (χ4n) is 11.6. The Hall–Kier alpha value is -3.52. The summed E-state index contributed by atoms with van der Waals surface area (Å²) in [6.45, 7) is 18.7. The van der Waals surface area contributed by atoms with Crippen LogP contribution < -0.4 is 13.6 Å². The summed E-state index contributed by atoms with van der Waals surface area (Å²) in [5, 5.41) is 2.99. The van der Waals surface area contributed by atoms with Gasteiger partial charge >= 0.3 is 373 Å². The molecule has 1 heterocycles. The van der Waals surface area contributed by atoms with Gasteiger partial charge in [-0.05, 0) is 0 Å². The van der Waals surface area contributed by atoms with E-state index in [2.05, 4.69) is 183 Å². The first kappa shape index (κ1) is 41.8. The van der Waals surface area contributed by atoms with Gasteiger partial charge in [0.2, 0.25) is 0 Å². The van der Waals surface area contributed by atoms with Crippen LogP contribution in [0.15, 0.2) is 126 Å². The Bertz CT molecular complexity index is 2620. The van der Waals surface area contributed by atoms with Gasteiger partial charge in [-0.15, -0.1) is 0 Å². The second kappa shape index (κ2) is 16.0. The van der Waals surface area contributed by atoms with Crippen LogP contribution in [0.25, 0.3) is 45.5 Å². The SMILES string of the molecule is CCc1ccc2c(c1-c1ccccc1C)C=C(C(C)CC)[CH]2[Zr]([Cl])([Cl])([c]1cccc2c1[SiH2]c1ccccc1-2)[CH]1C(C(C)CC)=Cc2c1ccc(CC)c2-c1ccccc1C. The van der Waals surface area contributed by atoms with Crippen molar-refractivity contribution in [1.82, 2.24) is 0 Å². The third-order valence-corrected chi connectivity index (χ3v) is 37.6. The number of rotatable bonds is 11. The molecule has 4 atom stereocenters. The van der Waals surface area contributed by atoms with E-state index < -0.39 is 25.9 Å². The molecule has 0 spiro atoms. The topological polar surface area (TPSA) is 0 Å². The molecule has 0 bridgehead atoms. The fourth-order valence-corrected chi connectivity index (χ4v) is 39.6. The van der Waals surface area contributed by atoms with Crippen molar-refractivity contribution in [3.8, 4) is 33.4 Å². The summed E-state index contributed by atoms with van der Waals surface area (Å²) in [5.41, 5.74) is 21.7. The molecule has 3 aliphatic rings. The molecule has 9 rings (SSSR count). The normalized spacial score (nSPS) is 18.5. The second-order valence-electron chi connectivity index (χ2n) is 18.1. The fraction of sp³-hybridized carbons (Fsp3) is 0.286. The van der Waals surface area contributed by atoms with Gasteiger partial charge in [0.15, 0.2) is 0 Å². The van der Waals surface area contributed by atoms with Crippen LogP contribution in [0.3, 0.4) is 0 Å². The Balaban J connectivity index is 1.43. The molecule has 6 aromatic rings. The zero-order valence-corrected chi connectivity index (χ0v) is 42.1. The molecule has 6 aromatic carbocycles. The predicted octanol–water partition coefficient (Wildman–Crippen LogP) is 13.9. The van der Waals surface area contributed by atoms with Gasteiger partial charge in [-0.3, -0.25) is 0 Å². The van der Waals surface area contributed by atoms with Crippen LogP contribution in [0, 0.1) is 25.7 Å². The van der Waals surface area contributed by atoms with Crippen molar-refractivity contribution in [3.05, 3.63) is 171 Å². The number of allylic oxidation sites excluding steroid dienone is 2. The molecule has 0 saturated carbocycles. The first-order valence-corrected chi connectivity index (χ1v) is 34.4. The minimum absolute atomic E-state index is 0.103. The third kappa shape index (κ3) is 6.28. The van der Waals surface area contributed by atoms with Gasteiger partial charge in [0.05, 0.1) is 0 Å². The van der Waals surface area contributed by atoms with Gasteiger partial charge < -0.3 is 0 Å². The van der Waals surface area contributed by atoms with Crippen LogP contribution >= 0.6 is 17.0 Å². The predicted molar refractivity (Wildman–Crippen MR) is 263 cm³/mol. The standard InChI is InChI=1S/2C22H25.C12H9Si.2ClH.Zr/c2*1-5-15(3)19-13-18-12-11-17(6-2)22(21(18)14-19)20-10-8-7-9-16(20)4;1-3-7-11-9(5-1)10-6-2-4-8-12(10)13-11;;;/h2*7-15H,5-6H2,1-4H3;1-7H,13H2;2*1H;/q;;;;;+2/p-2. The molecular formula is C56H59Cl2SiZr. The maximum absolute atomic E-state index is 9.53. The van der Waals surface area contributed by atoms with Gasteiger partial charge in [-0.25, -0.2) is 0 Å². The summed E-state index contributed by atoms with van der Waals surface area (Å²) in [6.07, 6.45) is 9.14. The van der Waals surface area contributed by atoms with Gasteiger partial charge in [0, 0.05) is 0 Å². The molecule has 4 heteroatoms. The zero-order valence-electron chi connectivity index (χ0n) is 36.7. The number of aryl methyl sites for hydroxylation is 4. The first-order valence-electron chi connectivity index (χ1n) is 22.6. The van der Waals surface area contributed by atoms with E-state index in [0.29, 0.717) is 11.8 Å². The van der Waals surface area contributed by atoms with E-state index in [1.165, 1.54) is 103 Å².